The summed E-state index contributed by atoms with van der Waals surface area (Å²) >= 11 is 0. The van der Waals surface area contributed by atoms with E-state index in [0.29, 0.717) is 0 Å². The van der Waals surface area contributed by atoms with Gasteiger partial charge in [0, 0.05) is 46.3 Å². The predicted octanol–water partition coefficient (Wildman–Crippen LogP) is 6.22. The van der Waals surface area contributed by atoms with Crippen LogP contribution in [0.25, 0.3) is 22.5 Å². The Hall–Kier alpha value is -3.01. The summed E-state index contributed by atoms with van der Waals surface area (Å²) < 4.78 is 11.4. The summed E-state index contributed by atoms with van der Waals surface area (Å²) in [6, 6.07) is 26.0. The van der Waals surface area contributed by atoms with Gasteiger partial charge in [-0.3, -0.25) is 0 Å². The Balaban J connectivity index is 0.000000184. The molecule has 4 aromatic rings. The number of benzene rings is 2. The summed E-state index contributed by atoms with van der Waals surface area (Å²) in [7, 11) is 0. The van der Waals surface area contributed by atoms with Crippen molar-refractivity contribution < 1.29 is 29.6 Å². The zero-order chi connectivity index (χ0) is 21.8. The zero-order valence-corrected chi connectivity index (χ0v) is 20.9. The Morgan fingerprint density at radius 2 is 1.38 bits per heavy atom. The van der Waals surface area contributed by atoms with Crippen LogP contribution in [0, 0.1) is 26.0 Å². The van der Waals surface area contributed by atoms with Gasteiger partial charge in [-0.15, -0.1) is 53.6 Å². The minimum Gasteiger partial charge on any atom is -0.496 e. The second-order valence-corrected chi connectivity index (χ2v) is 7.79. The standard InChI is InChI=1S/C15H14NO2.C12H10N.Ir/c1-10-5-4-8-16-14(10)11-6-7-12-13(9-11)18-15(2,3)17-12;1-10-6-5-9-13-12(10)11-7-3-2-4-8-11;/h4-5,7-9H,1-3H3;2-7,9H,1H3;/q2*-1;. The summed E-state index contributed by atoms with van der Waals surface area (Å²) in [5.74, 6) is 0.879. The van der Waals surface area contributed by atoms with E-state index in [1.54, 1.807) is 6.20 Å². The molecule has 0 N–H and O–H groups in total. The predicted molar refractivity (Wildman–Crippen MR) is 122 cm³/mol. The Bertz CT molecular complexity index is 1190. The molecule has 2 aromatic heterocycles. The molecule has 0 spiro atoms. The summed E-state index contributed by atoms with van der Waals surface area (Å²) in [6.45, 7) is 7.87. The second-order valence-electron chi connectivity index (χ2n) is 7.79. The van der Waals surface area contributed by atoms with Gasteiger partial charge in [-0.1, -0.05) is 29.3 Å². The van der Waals surface area contributed by atoms with E-state index in [0.717, 1.165) is 39.6 Å². The molecular weight excluding hydrogens is 577 g/mol. The normalized spacial score (nSPS) is 12.9. The number of nitrogens with zero attached hydrogens (tertiary/aromatic N) is 2. The molecule has 3 heterocycles. The third-order valence-electron chi connectivity index (χ3n) is 4.83. The van der Waals surface area contributed by atoms with Crippen LogP contribution in [-0.4, -0.2) is 15.8 Å². The maximum atomic E-state index is 5.73. The Kier molecular flexibility index (Phi) is 7.44. The van der Waals surface area contributed by atoms with Gasteiger partial charge in [0.25, 0.3) is 0 Å². The van der Waals surface area contributed by atoms with Crippen molar-refractivity contribution in [3.63, 3.8) is 0 Å². The molecule has 1 aliphatic heterocycles. The SMILES string of the molecule is Cc1cccnc1-c1[c-]cc2c(c1)OC(C)(C)O2.Cc1cccnc1-c1[c-]cccc1.[Ir]. The van der Waals surface area contributed by atoms with E-state index in [4.69, 9.17) is 9.47 Å². The molecule has 0 unspecified atom stereocenters. The molecule has 0 atom stereocenters. The topological polar surface area (TPSA) is 44.2 Å². The Morgan fingerprint density at radius 3 is 1.97 bits per heavy atom. The van der Waals surface area contributed by atoms with Crippen LogP contribution in [0.1, 0.15) is 25.0 Å². The van der Waals surface area contributed by atoms with E-state index in [1.165, 1.54) is 5.56 Å². The Morgan fingerprint density at radius 1 is 0.750 bits per heavy atom. The monoisotopic (exact) mass is 601 g/mol. The summed E-state index contributed by atoms with van der Waals surface area (Å²) in [4.78, 5) is 8.70. The van der Waals surface area contributed by atoms with Crippen molar-refractivity contribution in [1.29, 1.82) is 0 Å². The fourth-order valence-electron chi connectivity index (χ4n) is 3.38. The van der Waals surface area contributed by atoms with Gasteiger partial charge in [0.15, 0.2) is 0 Å². The average molecular weight is 601 g/mol. The van der Waals surface area contributed by atoms with Crippen LogP contribution in [0.2, 0.25) is 0 Å². The van der Waals surface area contributed by atoms with Crippen molar-refractivity contribution in [2.24, 2.45) is 0 Å². The van der Waals surface area contributed by atoms with Gasteiger partial charge in [0.05, 0.1) is 11.5 Å². The minimum absolute atomic E-state index is 0. The van der Waals surface area contributed by atoms with E-state index < -0.39 is 5.79 Å². The molecule has 0 saturated heterocycles. The van der Waals surface area contributed by atoms with E-state index >= 15 is 0 Å². The van der Waals surface area contributed by atoms with E-state index in [-0.39, 0.29) is 20.1 Å². The maximum absolute atomic E-state index is 5.73. The molecule has 1 aliphatic rings. The third-order valence-corrected chi connectivity index (χ3v) is 4.83. The van der Waals surface area contributed by atoms with Crippen LogP contribution in [0.5, 0.6) is 11.5 Å². The van der Waals surface area contributed by atoms with Crippen LogP contribution in [-0.2, 0) is 20.1 Å². The number of hydrogen-bond donors (Lipinski definition) is 0. The molecule has 0 saturated carbocycles. The molecule has 32 heavy (non-hydrogen) atoms. The molecule has 0 fully saturated rings. The summed E-state index contributed by atoms with van der Waals surface area (Å²) in [6.07, 6.45) is 3.59. The molecular formula is C27H24IrN2O2-2. The van der Waals surface area contributed by atoms with Crippen LogP contribution >= 0.6 is 0 Å². The van der Waals surface area contributed by atoms with E-state index in [2.05, 4.69) is 35.1 Å². The number of aryl methyl sites for hydroxylation is 2. The minimum atomic E-state index is -0.603. The van der Waals surface area contributed by atoms with E-state index in [9.17, 15) is 0 Å². The molecule has 1 radical (unpaired) electrons. The number of fused-ring (bicyclic) bond motifs is 1. The molecule has 165 valence electrons. The molecule has 5 heteroatoms. The van der Waals surface area contributed by atoms with Gasteiger partial charge in [-0.25, -0.2) is 0 Å². The van der Waals surface area contributed by atoms with E-state index in [1.807, 2.05) is 81.6 Å². The van der Waals surface area contributed by atoms with Gasteiger partial charge >= 0.3 is 0 Å². The van der Waals surface area contributed by atoms with Gasteiger partial charge in [-0.2, -0.15) is 0 Å². The van der Waals surface area contributed by atoms with Crippen molar-refractivity contribution >= 4 is 0 Å². The first-order valence-electron chi connectivity index (χ1n) is 10.2. The van der Waals surface area contributed by atoms with Crippen molar-refractivity contribution in [3.8, 4) is 34.0 Å². The average Bonchev–Trinajstić information content (AvgIpc) is 3.08. The van der Waals surface area contributed by atoms with Gasteiger partial charge in [-0.05, 0) is 37.4 Å². The quantitative estimate of drug-likeness (QED) is 0.257. The number of pyridine rings is 2. The van der Waals surface area contributed by atoms with Crippen LogP contribution in [0.4, 0.5) is 0 Å². The molecule has 0 amide bonds. The van der Waals surface area contributed by atoms with Crippen molar-refractivity contribution in [2.45, 2.75) is 33.5 Å². The molecule has 4 nitrogen and oxygen atoms in total. The first kappa shape index (κ1) is 23.6. The second kappa shape index (κ2) is 10.1. The number of ether oxygens (including phenoxy) is 2. The molecule has 2 aromatic carbocycles. The largest absolute Gasteiger partial charge is 0.496 e. The fraction of sp³-hybridized carbons (Fsp3) is 0.185. The number of aromatic nitrogens is 2. The maximum Gasteiger partial charge on any atom is 0.234 e. The van der Waals surface area contributed by atoms with Crippen LogP contribution < -0.4 is 9.47 Å². The van der Waals surface area contributed by atoms with Crippen LogP contribution in [0.15, 0.2) is 73.1 Å². The first-order chi connectivity index (χ1) is 14.9. The Labute approximate surface area is 203 Å². The third kappa shape index (κ3) is 5.42. The first-order valence-corrected chi connectivity index (χ1v) is 10.2. The summed E-state index contributed by atoms with van der Waals surface area (Å²) in [5.41, 5.74) is 6.22. The molecule has 5 rings (SSSR count). The smallest absolute Gasteiger partial charge is 0.234 e. The van der Waals surface area contributed by atoms with Crippen molar-refractivity contribution in [2.75, 3.05) is 0 Å². The van der Waals surface area contributed by atoms with Crippen molar-refractivity contribution in [1.82, 2.24) is 9.97 Å². The van der Waals surface area contributed by atoms with Crippen molar-refractivity contribution in [3.05, 3.63) is 96.3 Å². The van der Waals surface area contributed by atoms with Crippen LogP contribution in [0.3, 0.4) is 0 Å². The van der Waals surface area contributed by atoms with Gasteiger partial charge in [0.2, 0.25) is 5.79 Å². The molecule has 0 bridgehead atoms. The number of rotatable bonds is 2. The zero-order valence-electron chi connectivity index (χ0n) is 18.5. The molecule has 0 aliphatic carbocycles. The van der Waals surface area contributed by atoms with Gasteiger partial charge < -0.3 is 19.4 Å². The summed E-state index contributed by atoms with van der Waals surface area (Å²) in [5, 5.41) is 0. The number of hydrogen-bond acceptors (Lipinski definition) is 4. The van der Waals surface area contributed by atoms with Gasteiger partial charge in [0.1, 0.15) is 0 Å². The fourth-order valence-corrected chi connectivity index (χ4v) is 3.38.